The SMILES string of the molecule is COc1cc2c(cc1OCc1ccccc1)[C@@H]1CCC(C)(C)[C@@H]1n1cc(C(=O)O)c(=O)cc1-2. The first-order valence-corrected chi connectivity index (χ1v) is 11.2. The van der Waals surface area contributed by atoms with Crippen LogP contribution < -0.4 is 14.9 Å². The zero-order chi connectivity index (χ0) is 23.3. The van der Waals surface area contributed by atoms with Gasteiger partial charge in [0.2, 0.25) is 0 Å². The van der Waals surface area contributed by atoms with Gasteiger partial charge in [0, 0.05) is 29.8 Å². The molecule has 1 aliphatic carbocycles. The molecule has 1 fully saturated rings. The number of carboxylic acids is 1. The van der Waals surface area contributed by atoms with Crippen molar-refractivity contribution >= 4 is 5.97 Å². The molecule has 2 aliphatic rings. The number of carbonyl (C=O) groups is 1. The summed E-state index contributed by atoms with van der Waals surface area (Å²) in [6.07, 6.45) is 3.50. The zero-order valence-corrected chi connectivity index (χ0v) is 19.0. The van der Waals surface area contributed by atoms with Crippen LogP contribution in [0.25, 0.3) is 11.3 Å². The van der Waals surface area contributed by atoms with E-state index < -0.39 is 11.4 Å². The Morgan fingerprint density at radius 3 is 2.61 bits per heavy atom. The van der Waals surface area contributed by atoms with E-state index in [0.29, 0.717) is 18.1 Å². The van der Waals surface area contributed by atoms with Crippen molar-refractivity contribution in [3.63, 3.8) is 0 Å². The molecule has 2 aromatic carbocycles. The maximum absolute atomic E-state index is 12.6. The maximum atomic E-state index is 12.6. The first-order valence-electron chi connectivity index (χ1n) is 11.2. The van der Waals surface area contributed by atoms with Gasteiger partial charge < -0.3 is 19.1 Å². The molecule has 1 saturated carbocycles. The van der Waals surface area contributed by atoms with Crippen molar-refractivity contribution < 1.29 is 19.4 Å². The van der Waals surface area contributed by atoms with Crippen LogP contribution >= 0.6 is 0 Å². The van der Waals surface area contributed by atoms with Gasteiger partial charge in [0.1, 0.15) is 12.2 Å². The van der Waals surface area contributed by atoms with Crippen LogP contribution in [0.4, 0.5) is 0 Å². The van der Waals surface area contributed by atoms with Crippen molar-refractivity contribution in [2.75, 3.05) is 7.11 Å². The third kappa shape index (κ3) is 3.50. The van der Waals surface area contributed by atoms with Crippen LogP contribution in [0.1, 0.15) is 60.1 Å². The lowest BCUT2D eigenvalue weighted by Gasteiger charge is -2.40. The molecule has 6 heteroatoms. The van der Waals surface area contributed by atoms with Crippen LogP contribution in [-0.2, 0) is 6.61 Å². The largest absolute Gasteiger partial charge is 0.493 e. The third-order valence-electron chi connectivity index (χ3n) is 7.14. The molecule has 0 radical (unpaired) electrons. The quantitative estimate of drug-likeness (QED) is 0.580. The Labute approximate surface area is 192 Å². The second kappa shape index (κ2) is 7.80. The highest BCUT2D eigenvalue weighted by molar-refractivity contribution is 5.88. The van der Waals surface area contributed by atoms with E-state index in [9.17, 15) is 14.7 Å². The van der Waals surface area contributed by atoms with E-state index in [0.717, 1.165) is 35.2 Å². The van der Waals surface area contributed by atoms with E-state index in [1.807, 2.05) is 41.0 Å². The summed E-state index contributed by atoms with van der Waals surface area (Å²) in [6, 6.07) is 15.4. The Bertz CT molecular complexity index is 1290. The van der Waals surface area contributed by atoms with Crippen molar-refractivity contribution in [3.05, 3.63) is 81.6 Å². The molecule has 0 amide bonds. The molecule has 0 saturated heterocycles. The minimum absolute atomic E-state index is 0.0487. The fourth-order valence-corrected chi connectivity index (χ4v) is 5.54. The van der Waals surface area contributed by atoms with Crippen molar-refractivity contribution in [1.29, 1.82) is 0 Å². The van der Waals surface area contributed by atoms with Crippen LogP contribution in [0, 0.1) is 5.41 Å². The highest BCUT2D eigenvalue weighted by Gasteiger charge is 2.47. The number of hydrogen-bond donors (Lipinski definition) is 1. The predicted molar refractivity (Wildman–Crippen MR) is 125 cm³/mol. The number of pyridine rings is 1. The van der Waals surface area contributed by atoms with Gasteiger partial charge in [-0.3, -0.25) is 4.79 Å². The van der Waals surface area contributed by atoms with E-state index in [4.69, 9.17) is 9.47 Å². The fourth-order valence-electron chi connectivity index (χ4n) is 5.54. The summed E-state index contributed by atoms with van der Waals surface area (Å²) < 4.78 is 13.8. The molecule has 2 atom stereocenters. The molecular formula is C27H27NO5. The first-order chi connectivity index (χ1) is 15.8. The predicted octanol–water partition coefficient (Wildman–Crippen LogP) is 5.26. The standard InChI is InChI=1S/C27H27NO5/c1-27(2)10-9-17-18-11-24(33-15-16-7-5-4-6-8-16)23(32-3)12-19(18)21-13-22(29)20(26(30)31)14-28(21)25(17)27/h4-8,11-14,17,25H,9-10,15H2,1-3H3,(H,30,31)/t17-,25+/m0/s1. The molecule has 33 heavy (non-hydrogen) atoms. The lowest BCUT2D eigenvalue weighted by Crippen LogP contribution is -2.32. The molecular weight excluding hydrogens is 418 g/mol. The molecule has 2 heterocycles. The molecule has 0 spiro atoms. The highest BCUT2D eigenvalue weighted by Crippen LogP contribution is 2.59. The van der Waals surface area contributed by atoms with Crippen molar-refractivity contribution in [2.24, 2.45) is 5.41 Å². The van der Waals surface area contributed by atoms with Gasteiger partial charge in [0.25, 0.3) is 0 Å². The lowest BCUT2D eigenvalue weighted by atomic mass is 9.77. The van der Waals surface area contributed by atoms with Crippen molar-refractivity contribution in [1.82, 2.24) is 4.57 Å². The lowest BCUT2D eigenvalue weighted by molar-refractivity contribution is 0.0693. The van der Waals surface area contributed by atoms with E-state index in [2.05, 4.69) is 19.9 Å². The van der Waals surface area contributed by atoms with Crippen LogP contribution in [0.2, 0.25) is 0 Å². The van der Waals surface area contributed by atoms with Crippen LogP contribution in [0.5, 0.6) is 11.5 Å². The average molecular weight is 446 g/mol. The smallest absolute Gasteiger partial charge is 0.341 e. The van der Waals surface area contributed by atoms with Gasteiger partial charge in [0.15, 0.2) is 16.9 Å². The molecule has 5 rings (SSSR count). The Morgan fingerprint density at radius 2 is 1.91 bits per heavy atom. The molecule has 0 bridgehead atoms. The second-order valence-corrected chi connectivity index (χ2v) is 9.59. The number of carboxylic acid groups (broad SMARTS) is 1. The minimum Gasteiger partial charge on any atom is -0.493 e. The number of hydrogen-bond acceptors (Lipinski definition) is 4. The Kier molecular flexibility index (Phi) is 5.04. The topological polar surface area (TPSA) is 77.8 Å². The summed E-state index contributed by atoms with van der Waals surface area (Å²) in [5, 5.41) is 9.55. The number of methoxy groups -OCH3 is 1. The normalized spacial score (nSPS) is 19.8. The summed E-state index contributed by atoms with van der Waals surface area (Å²) in [5.41, 5.74) is 3.08. The average Bonchev–Trinajstić information content (AvgIpc) is 3.12. The second-order valence-electron chi connectivity index (χ2n) is 9.59. The molecule has 0 unspecified atom stereocenters. The number of nitrogens with zero attached hydrogens (tertiary/aromatic N) is 1. The van der Waals surface area contributed by atoms with Crippen LogP contribution in [0.3, 0.4) is 0 Å². The Morgan fingerprint density at radius 1 is 1.15 bits per heavy atom. The molecule has 1 N–H and O–H groups in total. The zero-order valence-electron chi connectivity index (χ0n) is 19.0. The molecule has 1 aliphatic heterocycles. The van der Waals surface area contributed by atoms with Gasteiger partial charge in [-0.1, -0.05) is 44.2 Å². The van der Waals surface area contributed by atoms with Gasteiger partial charge in [0.05, 0.1) is 12.8 Å². The third-order valence-corrected chi connectivity index (χ3v) is 7.14. The van der Waals surface area contributed by atoms with Crippen LogP contribution in [-0.4, -0.2) is 22.8 Å². The summed E-state index contributed by atoms with van der Waals surface area (Å²) in [6.45, 7) is 4.84. The van der Waals surface area contributed by atoms with E-state index in [-0.39, 0.29) is 22.9 Å². The van der Waals surface area contributed by atoms with Crippen LogP contribution in [0.15, 0.2) is 59.5 Å². The van der Waals surface area contributed by atoms with E-state index in [1.54, 1.807) is 7.11 Å². The minimum atomic E-state index is -1.20. The van der Waals surface area contributed by atoms with Crippen molar-refractivity contribution in [2.45, 2.75) is 45.3 Å². The number of aromatic nitrogens is 1. The molecule has 3 aromatic rings. The summed E-state index contributed by atoms with van der Waals surface area (Å²) >= 11 is 0. The number of fused-ring (bicyclic) bond motifs is 6. The molecule has 170 valence electrons. The van der Waals surface area contributed by atoms with Gasteiger partial charge >= 0.3 is 5.97 Å². The molecule has 6 nitrogen and oxygen atoms in total. The van der Waals surface area contributed by atoms with E-state index >= 15 is 0 Å². The monoisotopic (exact) mass is 445 g/mol. The van der Waals surface area contributed by atoms with E-state index in [1.165, 1.54) is 12.3 Å². The maximum Gasteiger partial charge on any atom is 0.341 e. The van der Waals surface area contributed by atoms with Gasteiger partial charge in [-0.15, -0.1) is 0 Å². The summed E-state index contributed by atoms with van der Waals surface area (Å²) in [4.78, 5) is 24.3. The molecule has 1 aromatic heterocycles. The fraction of sp³-hybridized carbons (Fsp3) is 0.333. The Hall–Kier alpha value is -3.54. The number of benzene rings is 2. The van der Waals surface area contributed by atoms with Gasteiger partial charge in [-0.25, -0.2) is 4.79 Å². The number of rotatable bonds is 5. The van der Waals surface area contributed by atoms with Gasteiger partial charge in [-0.05, 0) is 41.5 Å². The summed E-state index contributed by atoms with van der Waals surface area (Å²) in [7, 11) is 1.60. The first kappa shape index (κ1) is 21.3. The number of aromatic carboxylic acids is 1. The Balaban J connectivity index is 1.66. The van der Waals surface area contributed by atoms with Crippen molar-refractivity contribution in [3.8, 4) is 22.8 Å². The number of ether oxygens (including phenoxy) is 2. The highest BCUT2D eigenvalue weighted by atomic mass is 16.5. The summed E-state index contributed by atoms with van der Waals surface area (Å²) in [5.74, 6) is 0.246. The van der Waals surface area contributed by atoms with Gasteiger partial charge in [-0.2, -0.15) is 0 Å².